The molecule has 2 aromatic carbocycles. The summed E-state index contributed by atoms with van der Waals surface area (Å²) >= 11 is 12.5. The lowest BCUT2D eigenvalue weighted by atomic mass is 9.88. The molecule has 0 saturated heterocycles. The van der Waals surface area contributed by atoms with E-state index in [1.165, 1.54) is 11.1 Å². The predicted octanol–water partition coefficient (Wildman–Crippen LogP) is 5.18. The fourth-order valence-electron chi connectivity index (χ4n) is 3.85. The summed E-state index contributed by atoms with van der Waals surface area (Å²) in [5.74, 6) is 2.25. The Morgan fingerprint density at radius 1 is 1.00 bits per heavy atom. The lowest BCUT2D eigenvalue weighted by Gasteiger charge is -2.35. The van der Waals surface area contributed by atoms with Crippen molar-refractivity contribution in [3.8, 4) is 17.2 Å². The molecule has 27 heavy (non-hydrogen) atoms. The van der Waals surface area contributed by atoms with Crippen molar-refractivity contribution in [3.05, 3.63) is 51.0 Å². The zero-order valence-electron chi connectivity index (χ0n) is 16.1. The van der Waals surface area contributed by atoms with Gasteiger partial charge in [-0.2, -0.15) is 0 Å². The van der Waals surface area contributed by atoms with Crippen LogP contribution in [-0.4, -0.2) is 39.8 Å². The van der Waals surface area contributed by atoms with E-state index in [4.69, 9.17) is 37.4 Å². The molecule has 0 aromatic heterocycles. The number of benzene rings is 2. The van der Waals surface area contributed by atoms with Crippen LogP contribution < -0.4 is 14.2 Å². The number of fused-ring (bicyclic) bond motifs is 1. The fourth-order valence-corrected chi connectivity index (χ4v) is 4.46. The summed E-state index contributed by atoms with van der Waals surface area (Å²) in [6, 6.07) is 8.13. The van der Waals surface area contributed by atoms with Crippen molar-refractivity contribution in [2.75, 3.05) is 34.9 Å². The minimum atomic E-state index is 0.274. The van der Waals surface area contributed by atoms with E-state index < -0.39 is 0 Å². The zero-order valence-corrected chi connectivity index (χ0v) is 17.7. The van der Waals surface area contributed by atoms with Gasteiger partial charge in [-0.25, -0.2) is 0 Å². The molecule has 2 aromatic rings. The fraction of sp³-hybridized carbons (Fsp3) is 0.429. The number of aryl methyl sites for hydroxylation is 1. The highest BCUT2D eigenvalue weighted by Gasteiger charge is 2.27. The lowest BCUT2D eigenvalue weighted by Crippen LogP contribution is -2.32. The minimum absolute atomic E-state index is 0.274. The Morgan fingerprint density at radius 3 is 2.37 bits per heavy atom. The van der Waals surface area contributed by atoms with Gasteiger partial charge in [-0.3, -0.25) is 4.90 Å². The second kappa shape index (κ2) is 8.59. The highest BCUT2D eigenvalue weighted by Crippen LogP contribution is 2.40. The molecule has 1 unspecified atom stereocenters. The Labute approximate surface area is 170 Å². The van der Waals surface area contributed by atoms with Gasteiger partial charge in [0.25, 0.3) is 0 Å². The molecule has 1 heterocycles. The van der Waals surface area contributed by atoms with Gasteiger partial charge in [0, 0.05) is 17.6 Å². The maximum Gasteiger partial charge on any atom is 0.161 e. The molecule has 0 radical (unpaired) electrons. The number of likely N-dealkylation sites (N-methyl/N-ethyl adjacent to an activating group) is 1. The highest BCUT2D eigenvalue weighted by molar-refractivity contribution is 6.35. The van der Waals surface area contributed by atoms with Gasteiger partial charge in [-0.15, -0.1) is 0 Å². The standard InChI is InChI=1S/C21H25Cl2NO3/c1-24-8-7-13-10-19(25-2)20(26-3)12-16(13)18(24)6-5-14-9-15(22)11-17(23)21(14)27-4/h9-12,18H,5-8H2,1-4H3. The Balaban J connectivity index is 1.90. The van der Waals surface area contributed by atoms with E-state index in [-0.39, 0.29) is 6.04 Å². The van der Waals surface area contributed by atoms with Crippen LogP contribution in [0.3, 0.4) is 0 Å². The Hall–Kier alpha value is -1.62. The van der Waals surface area contributed by atoms with Crippen LogP contribution in [0.2, 0.25) is 10.0 Å². The van der Waals surface area contributed by atoms with Crippen LogP contribution in [0.15, 0.2) is 24.3 Å². The molecule has 146 valence electrons. The lowest BCUT2D eigenvalue weighted by molar-refractivity contribution is 0.218. The van der Waals surface area contributed by atoms with Gasteiger partial charge in [0.2, 0.25) is 0 Å². The van der Waals surface area contributed by atoms with Gasteiger partial charge >= 0.3 is 0 Å². The SMILES string of the molecule is COc1cc2c(cc1OC)C(CCc1cc(Cl)cc(Cl)c1OC)N(C)CC2. The van der Waals surface area contributed by atoms with Crippen LogP contribution >= 0.6 is 23.2 Å². The molecule has 0 spiro atoms. The third kappa shape index (κ3) is 4.13. The molecule has 0 saturated carbocycles. The molecule has 1 aliphatic rings. The number of halogens is 2. The van der Waals surface area contributed by atoms with E-state index in [1.807, 2.05) is 6.07 Å². The molecule has 1 aliphatic heterocycles. The largest absolute Gasteiger partial charge is 0.495 e. The molecule has 0 amide bonds. The third-order valence-corrected chi connectivity index (χ3v) is 5.75. The molecule has 6 heteroatoms. The van der Waals surface area contributed by atoms with E-state index in [9.17, 15) is 0 Å². The van der Waals surface area contributed by atoms with Crippen LogP contribution in [0, 0.1) is 0 Å². The Bertz CT molecular complexity index is 826. The molecule has 4 nitrogen and oxygen atoms in total. The summed E-state index contributed by atoms with van der Waals surface area (Å²) in [5.41, 5.74) is 3.62. The van der Waals surface area contributed by atoms with Crippen molar-refractivity contribution in [1.29, 1.82) is 0 Å². The average molecular weight is 410 g/mol. The number of ether oxygens (including phenoxy) is 3. The van der Waals surface area contributed by atoms with Crippen molar-refractivity contribution in [3.63, 3.8) is 0 Å². The summed E-state index contributed by atoms with van der Waals surface area (Å²) in [4.78, 5) is 2.38. The van der Waals surface area contributed by atoms with E-state index >= 15 is 0 Å². The van der Waals surface area contributed by atoms with E-state index in [0.717, 1.165) is 42.9 Å². The van der Waals surface area contributed by atoms with Crippen LogP contribution in [0.5, 0.6) is 17.2 Å². The van der Waals surface area contributed by atoms with Crippen LogP contribution in [0.1, 0.15) is 29.2 Å². The maximum atomic E-state index is 6.29. The number of hydrogen-bond acceptors (Lipinski definition) is 4. The summed E-state index contributed by atoms with van der Waals surface area (Å²) in [5, 5.41) is 1.17. The van der Waals surface area contributed by atoms with Gasteiger partial charge in [0.05, 0.1) is 26.4 Å². The molecule has 1 atom stereocenters. The number of methoxy groups -OCH3 is 3. The topological polar surface area (TPSA) is 30.9 Å². The summed E-state index contributed by atoms with van der Waals surface area (Å²) < 4.78 is 16.5. The van der Waals surface area contributed by atoms with Crippen molar-refractivity contribution < 1.29 is 14.2 Å². The monoisotopic (exact) mass is 409 g/mol. The molecular formula is C21H25Cl2NO3. The average Bonchev–Trinajstić information content (AvgIpc) is 2.65. The van der Waals surface area contributed by atoms with Gasteiger partial charge in [0.15, 0.2) is 11.5 Å². The first-order valence-electron chi connectivity index (χ1n) is 8.95. The van der Waals surface area contributed by atoms with Crippen LogP contribution in [0.4, 0.5) is 0 Å². The minimum Gasteiger partial charge on any atom is -0.495 e. The number of hydrogen-bond donors (Lipinski definition) is 0. The van der Waals surface area contributed by atoms with E-state index in [2.05, 4.69) is 24.1 Å². The first kappa shape index (κ1) is 20.1. The van der Waals surface area contributed by atoms with Gasteiger partial charge in [-0.05, 0) is 67.3 Å². The highest BCUT2D eigenvalue weighted by atomic mass is 35.5. The first-order valence-corrected chi connectivity index (χ1v) is 9.71. The number of rotatable bonds is 6. The van der Waals surface area contributed by atoms with E-state index in [1.54, 1.807) is 27.4 Å². The molecule has 0 aliphatic carbocycles. The van der Waals surface area contributed by atoms with Crippen molar-refractivity contribution in [2.45, 2.75) is 25.3 Å². The molecule has 0 N–H and O–H groups in total. The Kier molecular flexibility index (Phi) is 6.40. The van der Waals surface area contributed by atoms with Gasteiger partial charge in [-0.1, -0.05) is 23.2 Å². The van der Waals surface area contributed by atoms with Crippen LogP contribution in [-0.2, 0) is 12.8 Å². The summed E-state index contributed by atoms with van der Waals surface area (Å²) in [7, 11) is 7.14. The normalized spacial score (nSPS) is 16.7. The quantitative estimate of drug-likeness (QED) is 0.657. The number of nitrogens with zero attached hydrogens (tertiary/aromatic N) is 1. The second-order valence-electron chi connectivity index (χ2n) is 6.77. The smallest absolute Gasteiger partial charge is 0.161 e. The van der Waals surface area contributed by atoms with Gasteiger partial charge in [0.1, 0.15) is 5.75 Å². The van der Waals surface area contributed by atoms with Crippen molar-refractivity contribution in [2.24, 2.45) is 0 Å². The molecule has 3 rings (SSSR count). The maximum absolute atomic E-state index is 6.29. The van der Waals surface area contributed by atoms with Gasteiger partial charge < -0.3 is 14.2 Å². The molecular weight excluding hydrogens is 385 g/mol. The van der Waals surface area contributed by atoms with Crippen molar-refractivity contribution >= 4 is 23.2 Å². The summed E-state index contributed by atoms with van der Waals surface area (Å²) in [6.45, 7) is 1.00. The predicted molar refractivity (Wildman–Crippen MR) is 110 cm³/mol. The molecule has 0 bridgehead atoms. The van der Waals surface area contributed by atoms with Crippen LogP contribution in [0.25, 0.3) is 0 Å². The van der Waals surface area contributed by atoms with Crippen molar-refractivity contribution in [1.82, 2.24) is 4.90 Å². The summed E-state index contributed by atoms with van der Waals surface area (Å²) in [6.07, 6.45) is 2.73. The molecule has 0 fully saturated rings. The Morgan fingerprint density at radius 2 is 1.70 bits per heavy atom. The third-order valence-electron chi connectivity index (χ3n) is 5.25. The first-order chi connectivity index (χ1) is 13.0. The second-order valence-corrected chi connectivity index (χ2v) is 7.61. The van der Waals surface area contributed by atoms with E-state index in [0.29, 0.717) is 15.8 Å². The zero-order chi connectivity index (χ0) is 19.6.